The van der Waals surface area contributed by atoms with E-state index in [1.807, 2.05) is 0 Å². The van der Waals surface area contributed by atoms with Crippen molar-refractivity contribution in [1.82, 2.24) is 15.0 Å². The highest BCUT2D eigenvalue weighted by Crippen LogP contribution is 2.10. The van der Waals surface area contributed by atoms with Gasteiger partial charge in [0.15, 0.2) is 0 Å². The van der Waals surface area contributed by atoms with Gasteiger partial charge in [-0.05, 0) is 19.1 Å². The van der Waals surface area contributed by atoms with Gasteiger partial charge in [-0.1, -0.05) is 17.7 Å². The number of nitrogens with zero attached hydrogens (tertiary/aromatic N) is 3. The minimum Gasteiger partial charge on any atom is -0.305 e. The fourth-order valence-electron chi connectivity index (χ4n) is 1.17. The molecule has 0 bridgehead atoms. The number of carbonyl (C=O) groups is 1. The van der Waals surface area contributed by atoms with Crippen LogP contribution in [0.2, 0.25) is 5.15 Å². The number of aryl methyl sites for hydroxylation is 1. The van der Waals surface area contributed by atoms with Crippen LogP contribution in [-0.4, -0.2) is 20.9 Å². The molecule has 0 aliphatic carbocycles. The number of rotatable bonds is 2. The van der Waals surface area contributed by atoms with E-state index < -0.39 is 0 Å². The van der Waals surface area contributed by atoms with Crippen LogP contribution in [0.5, 0.6) is 0 Å². The first-order valence-corrected chi connectivity index (χ1v) is 5.25. The Balaban J connectivity index is 2.14. The van der Waals surface area contributed by atoms with Crippen molar-refractivity contribution >= 4 is 23.3 Å². The molecule has 0 aliphatic heterocycles. The Labute approximate surface area is 103 Å². The number of nitrogens with one attached hydrogen (secondary N) is 1. The molecular weight excluding hydrogens is 240 g/mol. The molecule has 17 heavy (non-hydrogen) atoms. The van der Waals surface area contributed by atoms with Crippen molar-refractivity contribution in [2.24, 2.45) is 0 Å². The summed E-state index contributed by atoms with van der Waals surface area (Å²) >= 11 is 5.70. The molecule has 0 radical (unpaired) electrons. The Kier molecular flexibility index (Phi) is 3.30. The van der Waals surface area contributed by atoms with Crippen LogP contribution in [0.3, 0.4) is 0 Å². The predicted octanol–water partition coefficient (Wildman–Crippen LogP) is 2.09. The molecule has 1 N–H and O–H groups in total. The number of hydrogen-bond acceptors (Lipinski definition) is 4. The summed E-state index contributed by atoms with van der Waals surface area (Å²) in [6, 6.07) is 4.97. The number of anilines is 1. The van der Waals surface area contributed by atoms with Crippen molar-refractivity contribution in [2.75, 3.05) is 5.32 Å². The Bertz CT molecular complexity index is 541. The normalized spacial score (nSPS) is 10.0. The zero-order valence-corrected chi connectivity index (χ0v) is 9.77. The molecule has 0 atom stereocenters. The van der Waals surface area contributed by atoms with E-state index >= 15 is 0 Å². The average Bonchev–Trinajstić information content (AvgIpc) is 2.29. The van der Waals surface area contributed by atoms with E-state index in [4.69, 9.17) is 11.6 Å². The molecule has 0 aliphatic rings. The fourth-order valence-corrected chi connectivity index (χ4v) is 1.33. The third kappa shape index (κ3) is 2.98. The highest BCUT2D eigenvalue weighted by atomic mass is 35.5. The van der Waals surface area contributed by atoms with E-state index in [1.165, 1.54) is 12.4 Å². The van der Waals surface area contributed by atoms with E-state index in [1.54, 1.807) is 25.1 Å². The first kappa shape index (κ1) is 11.5. The van der Waals surface area contributed by atoms with Gasteiger partial charge in [0.2, 0.25) is 0 Å². The molecule has 0 saturated carbocycles. The van der Waals surface area contributed by atoms with Gasteiger partial charge in [-0.3, -0.25) is 9.78 Å². The molecule has 0 unspecified atom stereocenters. The lowest BCUT2D eigenvalue weighted by molar-refractivity contribution is 0.102. The molecule has 1 amide bonds. The summed E-state index contributed by atoms with van der Waals surface area (Å²) in [5.41, 5.74) is 0.986. The first-order valence-electron chi connectivity index (χ1n) is 4.88. The van der Waals surface area contributed by atoms with Crippen molar-refractivity contribution in [3.05, 3.63) is 47.1 Å². The van der Waals surface area contributed by atoms with Crippen molar-refractivity contribution in [3.8, 4) is 0 Å². The molecule has 0 saturated heterocycles. The lowest BCUT2D eigenvalue weighted by atomic mass is 10.4. The molecule has 2 aromatic heterocycles. The smallest absolute Gasteiger partial charge is 0.277 e. The summed E-state index contributed by atoms with van der Waals surface area (Å²) in [5, 5.41) is 2.90. The second-order valence-corrected chi connectivity index (χ2v) is 3.73. The molecular formula is C11H9ClN4O. The molecule has 5 nitrogen and oxygen atoms in total. The molecule has 2 rings (SSSR count). The van der Waals surface area contributed by atoms with Gasteiger partial charge in [0.1, 0.15) is 16.7 Å². The zero-order chi connectivity index (χ0) is 12.3. The van der Waals surface area contributed by atoms with Crippen LogP contribution in [0.15, 0.2) is 30.6 Å². The van der Waals surface area contributed by atoms with Gasteiger partial charge in [0.05, 0.1) is 11.9 Å². The molecule has 0 aromatic carbocycles. The van der Waals surface area contributed by atoms with E-state index in [-0.39, 0.29) is 11.6 Å². The summed E-state index contributed by atoms with van der Waals surface area (Å²) in [4.78, 5) is 23.6. The quantitative estimate of drug-likeness (QED) is 0.827. The van der Waals surface area contributed by atoms with Gasteiger partial charge in [-0.25, -0.2) is 9.97 Å². The summed E-state index contributed by atoms with van der Waals surface area (Å²) in [5.74, 6) is 0.0112. The van der Waals surface area contributed by atoms with E-state index in [2.05, 4.69) is 20.3 Å². The second kappa shape index (κ2) is 4.88. The Hall–Kier alpha value is -2.01. The first-order chi connectivity index (χ1) is 8.15. The summed E-state index contributed by atoms with van der Waals surface area (Å²) < 4.78 is 0. The van der Waals surface area contributed by atoms with Gasteiger partial charge >= 0.3 is 0 Å². The largest absolute Gasteiger partial charge is 0.305 e. The molecule has 2 aromatic rings. The lowest BCUT2D eigenvalue weighted by Crippen LogP contribution is -2.15. The van der Waals surface area contributed by atoms with Crippen molar-refractivity contribution in [1.29, 1.82) is 0 Å². The van der Waals surface area contributed by atoms with Crippen LogP contribution in [0.25, 0.3) is 0 Å². The van der Waals surface area contributed by atoms with E-state index in [0.29, 0.717) is 11.0 Å². The number of aromatic nitrogens is 3. The predicted molar refractivity (Wildman–Crippen MR) is 64.0 cm³/mol. The molecule has 2 heterocycles. The van der Waals surface area contributed by atoms with Crippen LogP contribution in [0, 0.1) is 6.92 Å². The van der Waals surface area contributed by atoms with Crippen LogP contribution in [0.4, 0.5) is 5.82 Å². The fraction of sp³-hybridized carbons (Fsp3) is 0.0909. The molecule has 0 spiro atoms. The van der Waals surface area contributed by atoms with Gasteiger partial charge in [0.25, 0.3) is 5.91 Å². The van der Waals surface area contributed by atoms with Crippen molar-refractivity contribution in [3.63, 3.8) is 0 Å². The second-order valence-electron chi connectivity index (χ2n) is 3.34. The maximum absolute atomic E-state index is 11.7. The monoisotopic (exact) mass is 248 g/mol. The number of carbonyl (C=O) groups excluding carboxylic acids is 1. The maximum atomic E-state index is 11.7. The molecule has 0 fully saturated rings. The standard InChI is InChI=1S/C11H9ClN4O/c1-7-5-14-8(6-13-7)11(17)16-10-4-2-3-9(12)15-10/h2-6H,1H3,(H,15,16,17). The SMILES string of the molecule is Cc1cnc(C(=O)Nc2cccc(Cl)n2)cn1. The highest BCUT2D eigenvalue weighted by Gasteiger charge is 2.08. The Morgan fingerprint density at radius 3 is 2.76 bits per heavy atom. The number of pyridine rings is 1. The van der Waals surface area contributed by atoms with Gasteiger partial charge in [0, 0.05) is 6.20 Å². The van der Waals surface area contributed by atoms with Gasteiger partial charge in [-0.2, -0.15) is 0 Å². The lowest BCUT2D eigenvalue weighted by Gasteiger charge is -2.03. The van der Waals surface area contributed by atoms with Crippen LogP contribution < -0.4 is 5.32 Å². The maximum Gasteiger partial charge on any atom is 0.277 e. The van der Waals surface area contributed by atoms with Gasteiger partial charge in [-0.15, -0.1) is 0 Å². The number of hydrogen-bond donors (Lipinski definition) is 1. The Morgan fingerprint density at radius 1 is 1.29 bits per heavy atom. The topological polar surface area (TPSA) is 67.8 Å². The van der Waals surface area contributed by atoms with Crippen LogP contribution >= 0.6 is 11.6 Å². The summed E-state index contributed by atoms with van der Waals surface area (Å²) in [7, 11) is 0. The number of amides is 1. The van der Waals surface area contributed by atoms with Crippen molar-refractivity contribution < 1.29 is 4.79 Å². The molecule has 86 valence electrons. The van der Waals surface area contributed by atoms with E-state index in [0.717, 1.165) is 5.69 Å². The van der Waals surface area contributed by atoms with Crippen molar-refractivity contribution in [2.45, 2.75) is 6.92 Å². The summed E-state index contributed by atoms with van der Waals surface area (Å²) in [6.07, 6.45) is 2.94. The Morgan fingerprint density at radius 2 is 2.12 bits per heavy atom. The summed E-state index contributed by atoms with van der Waals surface area (Å²) in [6.45, 7) is 1.80. The van der Waals surface area contributed by atoms with Crippen LogP contribution in [-0.2, 0) is 0 Å². The number of halogens is 1. The minimum atomic E-state index is -0.368. The van der Waals surface area contributed by atoms with Gasteiger partial charge < -0.3 is 5.32 Å². The third-order valence-electron chi connectivity index (χ3n) is 1.97. The highest BCUT2D eigenvalue weighted by molar-refractivity contribution is 6.29. The molecule has 6 heteroatoms. The zero-order valence-electron chi connectivity index (χ0n) is 9.01. The minimum absolute atomic E-state index is 0.234. The third-order valence-corrected chi connectivity index (χ3v) is 2.18. The van der Waals surface area contributed by atoms with E-state index in [9.17, 15) is 4.79 Å². The van der Waals surface area contributed by atoms with Crippen LogP contribution in [0.1, 0.15) is 16.2 Å². The average molecular weight is 249 g/mol.